The lowest BCUT2D eigenvalue weighted by atomic mass is 9.84. The van der Waals surface area contributed by atoms with Crippen molar-refractivity contribution in [3.05, 3.63) is 95.6 Å². The Morgan fingerprint density at radius 3 is 2.51 bits per heavy atom. The summed E-state index contributed by atoms with van der Waals surface area (Å²) in [7, 11) is 4.37. The van der Waals surface area contributed by atoms with Gasteiger partial charge in [-0.2, -0.15) is 0 Å². The molecule has 2 saturated heterocycles. The Kier molecular flexibility index (Phi) is 15.1. The number of cyclic esters (lactones) is 1. The molecule has 0 radical (unpaired) electrons. The van der Waals surface area contributed by atoms with Crippen LogP contribution < -0.4 is 21.4 Å². The molecule has 6 bridgehead atoms. The fourth-order valence-electron chi connectivity index (χ4n) is 9.93. The number of likely N-dealkylation sites (N-methyl/N-ethyl adjacent to an activating group) is 1. The van der Waals surface area contributed by atoms with Crippen molar-refractivity contribution in [1.29, 1.82) is 0 Å². The second-order valence-electron chi connectivity index (χ2n) is 19.9. The van der Waals surface area contributed by atoms with Crippen LogP contribution in [0.5, 0.6) is 5.75 Å². The molecule has 3 aliphatic heterocycles. The van der Waals surface area contributed by atoms with Gasteiger partial charge >= 0.3 is 11.9 Å². The molecule has 6 heterocycles. The average molecular weight is 986 g/mol. The Morgan fingerprint density at radius 2 is 1.81 bits per heavy atom. The van der Waals surface area contributed by atoms with E-state index in [0.717, 1.165) is 38.9 Å². The first kappa shape index (κ1) is 51.1. The molecule has 19 heteroatoms. The van der Waals surface area contributed by atoms with Gasteiger partial charge in [-0.15, -0.1) is 0 Å². The molecule has 0 spiro atoms. The summed E-state index contributed by atoms with van der Waals surface area (Å²) >= 11 is 0. The average Bonchev–Trinajstić information content (AvgIpc) is 4.12. The van der Waals surface area contributed by atoms with E-state index in [4.69, 9.17) is 9.47 Å². The third-order valence-electron chi connectivity index (χ3n) is 13.5. The van der Waals surface area contributed by atoms with Crippen LogP contribution in [-0.4, -0.2) is 130 Å². The van der Waals surface area contributed by atoms with Gasteiger partial charge in [-0.25, -0.2) is 10.4 Å². The summed E-state index contributed by atoms with van der Waals surface area (Å²) in [5.41, 5.74) is 9.77. The number of nitrogens with one attached hydrogen (secondary N) is 4. The molecule has 72 heavy (non-hydrogen) atoms. The van der Waals surface area contributed by atoms with Crippen molar-refractivity contribution >= 4 is 52.2 Å². The quantitative estimate of drug-likeness (QED) is 0.0852. The maximum atomic E-state index is 14.8. The van der Waals surface area contributed by atoms with Crippen LogP contribution in [0.4, 0.5) is 5.69 Å². The van der Waals surface area contributed by atoms with Crippen molar-refractivity contribution in [2.75, 3.05) is 39.7 Å². The first-order valence-corrected chi connectivity index (χ1v) is 24.2. The summed E-state index contributed by atoms with van der Waals surface area (Å²) in [4.78, 5) is 91.8. The van der Waals surface area contributed by atoms with Crippen molar-refractivity contribution in [3.63, 3.8) is 0 Å². The number of hydrazine groups is 1. The van der Waals surface area contributed by atoms with Crippen molar-refractivity contribution < 1.29 is 48.1 Å². The maximum absolute atomic E-state index is 14.8. The fourth-order valence-corrected chi connectivity index (χ4v) is 9.93. The van der Waals surface area contributed by atoms with E-state index < -0.39 is 77.1 Å². The number of methoxy groups -OCH3 is 2. The Labute approximate surface area is 418 Å². The minimum Gasteiger partial charge on any atom is -0.508 e. The van der Waals surface area contributed by atoms with Crippen LogP contribution in [0.3, 0.4) is 0 Å². The van der Waals surface area contributed by atoms with E-state index in [2.05, 4.69) is 73.6 Å². The topological polar surface area (TPSA) is 246 Å². The molecule has 3 aliphatic rings. The van der Waals surface area contributed by atoms with E-state index in [1.165, 1.54) is 42.4 Å². The van der Waals surface area contributed by atoms with Gasteiger partial charge in [0, 0.05) is 67.9 Å². The largest absolute Gasteiger partial charge is 0.508 e. The smallest absolute Gasteiger partial charge is 0.325 e. The number of esters is 2. The number of hydrogen-bond acceptors (Lipinski definition) is 14. The number of phenolic OH excluding ortho intramolecular Hbond substituents is 1. The molecule has 3 aromatic heterocycles. The van der Waals surface area contributed by atoms with E-state index in [-0.39, 0.29) is 36.7 Å². The standard InChI is InChI=1S/C53H63N9O10/c1-9-61-42-15-12-31-23-36(42)37(46(61)38-26-54-17-16-32(38)27-70-7)24-53(4,5)28-72-51(68)40-11-10-18-62(59-40)50(67)41(21-30-19-33(31)22-35(63)20-30)57-48(65)45(29(2)3)60(6)49(66)39-14-13-34(25-55-39)56-47(64)43-44(58-43)52(69)71-8/h12-17,19-20,22-23,25-26,29,40-41,43-45,58-59,63H,9-11,18,21,24,27-28H2,1-8H3,(H,56,64)(H,57,65)/t40-,41-,43+,44+,45?/m0/s1. The SMILES string of the molecule is CCn1c(-c2cnccc2COC)c2c3cc(ccc31)-c1cc(O)cc(c1)C[C@H](NC(=O)C(C(C)C)N(C)C(=O)c1ccc(NC(=O)[C@@H]3N[C@H]3C(=O)OC)cn1)C(=O)N1CCC[C@H](N1)C(=O)OCC(C)(C)C2. The number of anilines is 1. The predicted octanol–water partition coefficient (Wildman–Crippen LogP) is 4.53. The molecule has 19 nitrogen and oxygen atoms in total. The van der Waals surface area contributed by atoms with Gasteiger partial charge in [-0.3, -0.25) is 44.1 Å². The number of aromatic nitrogens is 3. The number of hydrogen-bond donors (Lipinski definition) is 5. The molecule has 0 aliphatic carbocycles. The first-order chi connectivity index (χ1) is 34.4. The van der Waals surface area contributed by atoms with Crippen LogP contribution in [0.2, 0.25) is 0 Å². The van der Waals surface area contributed by atoms with Crippen LogP contribution in [0, 0.1) is 11.3 Å². The Balaban J connectivity index is 1.13. The molecule has 5 atom stereocenters. The lowest BCUT2D eigenvalue weighted by Crippen LogP contribution is -2.62. The number of carbonyl (C=O) groups is 6. The van der Waals surface area contributed by atoms with E-state index in [0.29, 0.717) is 43.5 Å². The third kappa shape index (κ3) is 10.8. The van der Waals surface area contributed by atoms with Gasteiger partial charge in [0.25, 0.3) is 11.8 Å². The first-order valence-electron chi connectivity index (χ1n) is 24.2. The summed E-state index contributed by atoms with van der Waals surface area (Å²) in [6.07, 6.45) is 6.27. The van der Waals surface area contributed by atoms with Gasteiger partial charge in [0.15, 0.2) is 0 Å². The Morgan fingerprint density at radius 1 is 1.01 bits per heavy atom. The van der Waals surface area contributed by atoms with E-state index in [1.54, 1.807) is 39.3 Å². The number of rotatable bonds is 12. The van der Waals surface area contributed by atoms with Crippen LogP contribution in [0.1, 0.15) is 74.6 Å². The Bertz CT molecular complexity index is 2900. The number of carbonyl (C=O) groups excluding carboxylic acids is 6. The minimum atomic E-state index is -1.23. The molecular weight excluding hydrogens is 923 g/mol. The van der Waals surface area contributed by atoms with Gasteiger partial charge in [0.1, 0.15) is 41.7 Å². The number of phenols is 1. The molecule has 5 N–H and O–H groups in total. The molecule has 2 aromatic carbocycles. The molecular formula is C53H63N9O10. The lowest BCUT2D eigenvalue weighted by Gasteiger charge is -2.36. The normalized spacial score (nSPS) is 20.3. The summed E-state index contributed by atoms with van der Waals surface area (Å²) in [6, 6.07) is 11.5. The fraction of sp³-hybridized carbons (Fsp3) is 0.434. The van der Waals surface area contributed by atoms with Gasteiger partial charge in [-0.1, -0.05) is 39.8 Å². The number of pyridine rings is 2. The summed E-state index contributed by atoms with van der Waals surface area (Å²) in [5.74, 6) is -3.76. The summed E-state index contributed by atoms with van der Waals surface area (Å²) < 4.78 is 18.7. The summed E-state index contributed by atoms with van der Waals surface area (Å²) in [6.45, 7) is 11.1. The van der Waals surface area contributed by atoms with Crippen molar-refractivity contribution in [3.8, 4) is 28.1 Å². The van der Waals surface area contributed by atoms with Gasteiger partial charge in [0.2, 0.25) is 11.8 Å². The van der Waals surface area contributed by atoms with Crippen molar-refractivity contribution in [1.82, 2.24) is 40.5 Å². The van der Waals surface area contributed by atoms with Gasteiger partial charge in [-0.05, 0) is 102 Å². The minimum absolute atomic E-state index is 0.00921. The van der Waals surface area contributed by atoms with Crippen LogP contribution in [0.25, 0.3) is 33.3 Å². The number of benzene rings is 2. The monoisotopic (exact) mass is 985 g/mol. The second-order valence-corrected chi connectivity index (χ2v) is 19.9. The Hall–Kier alpha value is -7.22. The van der Waals surface area contributed by atoms with Crippen molar-refractivity contribution in [2.24, 2.45) is 11.3 Å². The zero-order valence-electron chi connectivity index (χ0n) is 41.9. The molecule has 1 unspecified atom stereocenters. The van der Waals surface area contributed by atoms with E-state index in [1.807, 2.05) is 24.4 Å². The third-order valence-corrected chi connectivity index (χ3v) is 13.5. The second kappa shape index (κ2) is 21.2. The lowest BCUT2D eigenvalue weighted by molar-refractivity contribution is -0.155. The number of fused-ring (bicyclic) bond motifs is 6. The highest BCUT2D eigenvalue weighted by Crippen LogP contribution is 2.41. The van der Waals surface area contributed by atoms with Crippen LogP contribution in [-0.2, 0) is 64.2 Å². The van der Waals surface area contributed by atoms with Crippen LogP contribution >= 0.6 is 0 Å². The highest BCUT2D eigenvalue weighted by Gasteiger charge is 2.48. The predicted molar refractivity (Wildman–Crippen MR) is 267 cm³/mol. The van der Waals surface area contributed by atoms with Crippen molar-refractivity contribution in [2.45, 2.75) is 104 Å². The van der Waals surface area contributed by atoms with E-state index in [9.17, 15) is 33.9 Å². The number of aryl methyl sites for hydroxylation is 1. The molecule has 8 rings (SSSR count). The number of amides is 4. The number of ether oxygens (including phenoxy) is 3. The molecule has 0 saturated carbocycles. The van der Waals surface area contributed by atoms with Gasteiger partial charge < -0.3 is 39.4 Å². The zero-order chi connectivity index (χ0) is 51.6. The summed E-state index contributed by atoms with van der Waals surface area (Å²) in [5, 5.41) is 22.0. The van der Waals surface area contributed by atoms with Gasteiger partial charge in [0.05, 0.1) is 37.9 Å². The maximum Gasteiger partial charge on any atom is 0.325 e. The highest BCUT2D eigenvalue weighted by molar-refractivity contribution is 6.03. The molecule has 4 amide bonds. The highest BCUT2D eigenvalue weighted by atomic mass is 16.5. The number of aromatic hydroxyl groups is 1. The zero-order valence-corrected chi connectivity index (χ0v) is 41.9. The number of nitrogens with zero attached hydrogens (tertiary/aromatic N) is 5. The van der Waals surface area contributed by atoms with Crippen LogP contribution in [0.15, 0.2) is 73.2 Å². The van der Waals surface area contributed by atoms with E-state index >= 15 is 0 Å². The molecule has 2 fully saturated rings. The molecule has 380 valence electrons. The molecule has 5 aromatic rings.